The number of rotatable bonds is 11. The van der Waals surface area contributed by atoms with Gasteiger partial charge in [0.05, 0.1) is 18.2 Å². The molecule has 4 aromatic rings. The van der Waals surface area contributed by atoms with Crippen LogP contribution in [0.25, 0.3) is 21.9 Å². The third-order valence-corrected chi connectivity index (χ3v) is 10.9. The number of fused-ring (bicyclic) bond motifs is 1. The lowest BCUT2D eigenvalue weighted by molar-refractivity contribution is -0.120. The van der Waals surface area contributed by atoms with Crippen molar-refractivity contribution < 1.29 is 32.6 Å². The maximum Gasteiger partial charge on any atom is 0.328 e. The van der Waals surface area contributed by atoms with Crippen LogP contribution in [0.15, 0.2) is 65.8 Å². The van der Waals surface area contributed by atoms with Crippen molar-refractivity contribution in [3.8, 4) is 22.6 Å². The van der Waals surface area contributed by atoms with Crippen LogP contribution in [-0.4, -0.2) is 95.9 Å². The molecular formula is C41H46F2N6O6. The molecule has 0 aliphatic carbocycles. The maximum atomic E-state index is 15.6. The van der Waals surface area contributed by atoms with E-state index in [9.17, 15) is 19.2 Å². The van der Waals surface area contributed by atoms with Crippen molar-refractivity contribution in [2.75, 3.05) is 51.3 Å². The highest BCUT2D eigenvalue weighted by molar-refractivity contribution is 6.07. The summed E-state index contributed by atoms with van der Waals surface area (Å²) in [6, 6.07) is 10.8. The second kappa shape index (κ2) is 16.6. The first-order valence-corrected chi connectivity index (χ1v) is 19.0. The molecule has 290 valence electrons. The number of piperidine rings is 2. The number of halogens is 2. The number of nitrogens with one attached hydrogen (secondary N) is 1. The van der Waals surface area contributed by atoms with Crippen LogP contribution < -0.4 is 25.2 Å². The summed E-state index contributed by atoms with van der Waals surface area (Å²) in [5, 5.41) is 3.46. The molecule has 4 amide bonds. The molecule has 0 bridgehead atoms. The molecular weight excluding hydrogens is 710 g/mol. The van der Waals surface area contributed by atoms with E-state index in [1.54, 1.807) is 58.4 Å². The fourth-order valence-corrected chi connectivity index (χ4v) is 7.83. The summed E-state index contributed by atoms with van der Waals surface area (Å²) in [5.41, 5.74) is 2.02. The number of carbonyl (C=O) groups excluding carboxylic acids is 3. The molecule has 1 unspecified atom stereocenters. The molecule has 3 aliphatic heterocycles. The summed E-state index contributed by atoms with van der Waals surface area (Å²) >= 11 is 0. The van der Waals surface area contributed by atoms with Gasteiger partial charge >= 0.3 is 6.03 Å². The first kappa shape index (κ1) is 37.9. The van der Waals surface area contributed by atoms with Gasteiger partial charge in [-0.1, -0.05) is 19.4 Å². The number of likely N-dealkylation sites (tertiary alicyclic amines) is 2. The van der Waals surface area contributed by atoms with Crippen molar-refractivity contribution in [1.29, 1.82) is 0 Å². The molecule has 3 aliphatic rings. The van der Waals surface area contributed by atoms with E-state index in [1.807, 2.05) is 0 Å². The number of methoxy groups -OCH3 is 1. The van der Waals surface area contributed by atoms with Gasteiger partial charge in [0.25, 0.3) is 11.5 Å². The third kappa shape index (κ3) is 8.19. The molecule has 2 aromatic carbocycles. The molecule has 1 N–H and O–H groups in total. The zero-order valence-corrected chi connectivity index (χ0v) is 31.1. The molecule has 12 nitrogen and oxygen atoms in total. The predicted molar refractivity (Wildman–Crippen MR) is 204 cm³/mol. The number of hydrogen-bond acceptors (Lipinski definition) is 8. The minimum absolute atomic E-state index is 0.00885. The largest absolute Gasteiger partial charge is 0.495 e. The molecule has 2 atom stereocenters. The van der Waals surface area contributed by atoms with Gasteiger partial charge in [-0.05, 0) is 78.9 Å². The molecule has 14 heteroatoms. The monoisotopic (exact) mass is 756 g/mol. The highest BCUT2D eigenvalue weighted by atomic mass is 19.1. The Morgan fingerprint density at radius 3 is 2.51 bits per heavy atom. The quantitative estimate of drug-likeness (QED) is 0.204. The number of aromatic nitrogens is 2. The first-order valence-electron chi connectivity index (χ1n) is 19.0. The molecule has 2 aromatic heterocycles. The van der Waals surface area contributed by atoms with Crippen LogP contribution in [0.1, 0.15) is 55.8 Å². The van der Waals surface area contributed by atoms with Crippen LogP contribution in [0.5, 0.6) is 11.5 Å². The van der Waals surface area contributed by atoms with Gasteiger partial charge in [-0.2, -0.15) is 0 Å². The number of unbranched alkanes of at least 4 members (excludes halogenated alkanes) is 1. The number of imide groups is 1. The smallest absolute Gasteiger partial charge is 0.328 e. The number of ether oxygens (including phenoxy) is 2. The number of carbonyl (C=O) groups is 3. The SMILES string of the molecule is CCCCn1cc(-c2ccc(OC3CCN(CC4CCN(C(=O)c5ccc(OC)c(N6CCC(=O)NC6=O)c5)CC4)C[C@H]3F)c(F)c2)c2ccncc2c1=O. The van der Waals surface area contributed by atoms with Gasteiger partial charge in [0.1, 0.15) is 18.0 Å². The van der Waals surface area contributed by atoms with Crippen molar-refractivity contribution in [3.63, 3.8) is 0 Å². The van der Waals surface area contributed by atoms with Crippen molar-refractivity contribution in [1.82, 2.24) is 24.7 Å². The van der Waals surface area contributed by atoms with E-state index in [2.05, 4.69) is 22.1 Å². The summed E-state index contributed by atoms with van der Waals surface area (Å²) in [4.78, 5) is 60.1. The van der Waals surface area contributed by atoms with E-state index in [1.165, 1.54) is 24.1 Å². The Hall–Kier alpha value is -5.37. The van der Waals surface area contributed by atoms with Crippen molar-refractivity contribution in [2.45, 2.75) is 64.3 Å². The third-order valence-electron chi connectivity index (χ3n) is 10.9. The number of nitrogens with zero attached hydrogens (tertiary/aromatic N) is 5. The predicted octanol–water partition coefficient (Wildman–Crippen LogP) is 5.80. The van der Waals surface area contributed by atoms with Crippen molar-refractivity contribution in [3.05, 3.63) is 82.8 Å². The molecule has 3 fully saturated rings. The highest BCUT2D eigenvalue weighted by Crippen LogP contribution is 2.34. The fourth-order valence-electron chi connectivity index (χ4n) is 7.83. The second-order valence-electron chi connectivity index (χ2n) is 14.6. The average Bonchev–Trinajstić information content (AvgIpc) is 3.19. The summed E-state index contributed by atoms with van der Waals surface area (Å²) < 4.78 is 44.1. The lowest BCUT2D eigenvalue weighted by Gasteiger charge is -2.39. The Balaban J connectivity index is 0.928. The van der Waals surface area contributed by atoms with Gasteiger partial charge in [-0.25, -0.2) is 13.6 Å². The number of urea groups is 1. The number of anilines is 1. The zero-order chi connectivity index (χ0) is 38.6. The van der Waals surface area contributed by atoms with Crippen molar-refractivity contribution >= 4 is 34.3 Å². The highest BCUT2D eigenvalue weighted by Gasteiger charge is 2.34. The number of pyridine rings is 2. The van der Waals surface area contributed by atoms with Crippen LogP contribution in [0, 0.1) is 11.7 Å². The minimum Gasteiger partial charge on any atom is -0.495 e. The Morgan fingerprint density at radius 1 is 0.982 bits per heavy atom. The van der Waals surface area contributed by atoms with Crippen molar-refractivity contribution in [2.24, 2.45) is 5.92 Å². The maximum absolute atomic E-state index is 15.6. The number of hydrogen-bond donors (Lipinski definition) is 1. The molecule has 0 saturated carbocycles. The topological polar surface area (TPSA) is 126 Å². The summed E-state index contributed by atoms with van der Waals surface area (Å²) in [6.45, 7) is 5.35. The van der Waals surface area contributed by atoms with Crippen LogP contribution in [0.4, 0.5) is 19.3 Å². The van der Waals surface area contributed by atoms with E-state index in [0.29, 0.717) is 78.0 Å². The van der Waals surface area contributed by atoms with E-state index in [-0.39, 0.29) is 48.6 Å². The normalized spacial score (nSPS) is 19.8. The molecule has 0 spiro atoms. The second-order valence-corrected chi connectivity index (χ2v) is 14.6. The fraction of sp³-hybridized carbons (Fsp3) is 0.439. The number of aryl methyl sites for hydroxylation is 1. The van der Waals surface area contributed by atoms with Gasteiger partial charge in [0.15, 0.2) is 11.6 Å². The number of benzene rings is 2. The zero-order valence-electron chi connectivity index (χ0n) is 31.1. The van der Waals surface area contributed by atoms with E-state index < -0.39 is 24.1 Å². The molecule has 7 rings (SSSR count). The summed E-state index contributed by atoms with van der Waals surface area (Å²) in [7, 11) is 1.48. The molecule has 3 saturated heterocycles. The van der Waals surface area contributed by atoms with Gasteiger partial charge < -0.3 is 18.9 Å². The molecule has 0 radical (unpaired) electrons. The van der Waals surface area contributed by atoms with Gasteiger partial charge in [0, 0.05) is 82.0 Å². The lowest BCUT2D eigenvalue weighted by atomic mass is 9.94. The Labute approximate surface area is 318 Å². The number of alkyl halides is 1. The number of amides is 4. The average molecular weight is 757 g/mol. The van der Waals surface area contributed by atoms with Crippen LogP contribution >= 0.6 is 0 Å². The Kier molecular flexibility index (Phi) is 11.4. The van der Waals surface area contributed by atoms with Gasteiger partial charge in [0.2, 0.25) is 5.91 Å². The van der Waals surface area contributed by atoms with Crippen LogP contribution in [0.2, 0.25) is 0 Å². The standard InChI is InChI=1S/C41H46F2N6O6/c1-3-4-15-48-24-31(29-9-14-44-22-30(29)40(48)52)27-5-7-35(32(42)20-27)55-36-12-16-46(25-33(36)43)23-26-10-17-47(18-11-26)39(51)28-6-8-37(54-2)34(21-28)49-19-13-38(50)45-41(49)53/h5-9,14,20-22,24,26,33,36H,3-4,10-13,15-19,23,25H2,1-2H3,(H,45,50,53)/t33-,36?/m1/s1. The van der Waals surface area contributed by atoms with Crippen LogP contribution in [0.3, 0.4) is 0 Å². The molecule has 5 heterocycles. The Morgan fingerprint density at radius 2 is 1.78 bits per heavy atom. The summed E-state index contributed by atoms with van der Waals surface area (Å²) in [5.74, 6) is -0.399. The van der Waals surface area contributed by atoms with Crippen LogP contribution in [-0.2, 0) is 11.3 Å². The lowest BCUT2D eigenvalue weighted by Crippen LogP contribution is -2.50. The molecule has 55 heavy (non-hydrogen) atoms. The van der Waals surface area contributed by atoms with E-state index >= 15 is 8.78 Å². The summed E-state index contributed by atoms with van der Waals surface area (Å²) in [6.07, 6.45) is 6.66. The minimum atomic E-state index is -1.31. The first-order chi connectivity index (χ1) is 26.6. The van der Waals surface area contributed by atoms with Gasteiger partial charge in [-0.3, -0.25) is 34.5 Å². The van der Waals surface area contributed by atoms with Gasteiger partial charge in [-0.15, -0.1) is 0 Å². The van der Waals surface area contributed by atoms with E-state index in [4.69, 9.17) is 9.47 Å². The van der Waals surface area contributed by atoms with E-state index in [0.717, 1.165) is 25.7 Å². The Bertz CT molecular complexity index is 2140.